The second-order valence-electron chi connectivity index (χ2n) is 6.66. The lowest BCUT2D eigenvalue weighted by Gasteiger charge is -2.27. The van der Waals surface area contributed by atoms with Crippen LogP contribution in [0.2, 0.25) is 0 Å². The fourth-order valence-electron chi connectivity index (χ4n) is 3.21. The highest BCUT2D eigenvalue weighted by Crippen LogP contribution is 2.27. The van der Waals surface area contributed by atoms with Gasteiger partial charge in [0.15, 0.2) is 0 Å². The SMILES string of the molecule is CC1CCC(NC(=O)CCC2=NS(=O)(=O)c3ccccc3N2)CC1. The summed E-state index contributed by atoms with van der Waals surface area (Å²) in [7, 11) is -3.68. The first-order chi connectivity index (χ1) is 11.4. The van der Waals surface area contributed by atoms with E-state index in [-0.39, 0.29) is 29.7 Å². The molecule has 130 valence electrons. The van der Waals surface area contributed by atoms with Gasteiger partial charge >= 0.3 is 0 Å². The van der Waals surface area contributed by atoms with Gasteiger partial charge in [-0.25, -0.2) is 0 Å². The normalized spacial score (nSPS) is 25.1. The summed E-state index contributed by atoms with van der Waals surface area (Å²) in [6, 6.07) is 6.90. The first-order valence-corrected chi connectivity index (χ1v) is 9.87. The Morgan fingerprint density at radius 3 is 2.71 bits per heavy atom. The largest absolute Gasteiger partial charge is 0.353 e. The van der Waals surface area contributed by atoms with Crippen LogP contribution >= 0.6 is 0 Å². The number of nitrogens with zero attached hydrogens (tertiary/aromatic N) is 1. The Bertz CT molecular complexity index is 750. The lowest BCUT2D eigenvalue weighted by atomic mass is 9.87. The maximum atomic E-state index is 12.1. The molecule has 3 rings (SSSR count). The van der Waals surface area contributed by atoms with Crippen LogP contribution < -0.4 is 10.6 Å². The predicted molar refractivity (Wildman–Crippen MR) is 93.5 cm³/mol. The number of hydrogen-bond donors (Lipinski definition) is 2. The van der Waals surface area contributed by atoms with Gasteiger partial charge in [0.05, 0.1) is 5.69 Å². The Kier molecular flexibility index (Phi) is 4.89. The topological polar surface area (TPSA) is 87.6 Å². The van der Waals surface area contributed by atoms with E-state index in [2.05, 4.69) is 22.0 Å². The number of amidine groups is 1. The zero-order valence-electron chi connectivity index (χ0n) is 13.8. The molecule has 7 heteroatoms. The van der Waals surface area contributed by atoms with Crippen molar-refractivity contribution < 1.29 is 13.2 Å². The van der Waals surface area contributed by atoms with Crippen LogP contribution in [-0.2, 0) is 14.8 Å². The van der Waals surface area contributed by atoms with Gasteiger partial charge in [0.2, 0.25) is 5.91 Å². The van der Waals surface area contributed by atoms with Crippen LogP contribution in [0.5, 0.6) is 0 Å². The zero-order valence-corrected chi connectivity index (χ0v) is 14.6. The van der Waals surface area contributed by atoms with Gasteiger partial charge < -0.3 is 10.6 Å². The highest BCUT2D eigenvalue weighted by Gasteiger charge is 2.25. The summed E-state index contributed by atoms with van der Waals surface area (Å²) in [6.07, 6.45) is 4.85. The van der Waals surface area contributed by atoms with E-state index >= 15 is 0 Å². The van der Waals surface area contributed by atoms with Gasteiger partial charge in [-0.3, -0.25) is 4.79 Å². The number of para-hydroxylation sites is 1. The molecule has 0 atom stereocenters. The van der Waals surface area contributed by atoms with Crippen LogP contribution in [-0.4, -0.2) is 26.2 Å². The van der Waals surface area contributed by atoms with Gasteiger partial charge in [-0.15, -0.1) is 4.40 Å². The van der Waals surface area contributed by atoms with Gasteiger partial charge in [-0.2, -0.15) is 8.42 Å². The molecule has 1 aromatic rings. The minimum absolute atomic E-state index is 0.0460. The first-order valence-electron chi connectivity index (χ1n) is 8.43. The molecule has 24 heavy (non-hydrogen) atoms. The molecule has 1 amide bonds. The van der Waals surface area contributed by atoms with E-state index in [0.29, 0.717) is 11.5 Å². The third-order valence-corrected chi connectivity index (χ3v) is 6.02. The molecule has 1 saturated carbocycles. The average Bonchev–Trinajstić information content (AvgIpc) is 2.55. The number of nitrogens with one attached hydrogen (secondary N) is 2. The monoisotopic (exact) mass is 349 g/mol. The Labute approximate surface area is 142 Å². The van der Waals surface area contributed by atoms with Crippen molar-refractivity contribution in [1.29, 1.82) is 0 Å². The van der Waals surface area contributed by atoms with Gasteiger partial charge in [-0.1, -0.05) is 19.1 Å². The van der Waals surface area contributed by atoms with E-state index in [1.165, 1.54) is 6.07 Å². The molecule has 1 aliphatic carbocycles. The standard InChI is InChI=1S/C17H23N3O3S/c1-12-6-8-13(9-7-12)18-17(21)11-10-16-19-14-4-2-3-5-15(14)24(22,23)20-16/h2-5,12-13H,6-11H2,1H3,(H,18,21)(H,19,20). The molecular weight excluding hydrogens is 326 g/mol. The molecule has 0 saturated heterocycles. The summed E-state index contributed by atoms with van der Waals surface area (Å²) in [5, 5.41) is 6.06. The number of anilines is 1. The maximum Gasteiger partial charge on any atom is 0.286 e. The molecule has 1 aliphatic heterocycles. The summed E-state index contributed by atoms with van der Waals surface area (Å²) < 4.78 is 28.1. The van der Waals surface area contributed by atoms with Crippen LogP contribution in [0.4, 0.5) is 5.69 Å². The van der Waals surface area contributed by atoms with Crippen LogP contribution in [0.15, 0.2) is 33.6 Å². The molecule has 2 N–H and O–H groups in total. The third kappa shape index (κ3) is 3.95. The van der Waals surface area contributed by atoms with Gasteiger partial charge in [0.25, 0.3) is 10.0 Å². The molecule has 0 spiro atoms. The number of carbonyl (C=O) groups is 1. The van der Waals surface area contributed by atoms with Gasteiger partial charge in [0, 0.05) is 18.9 Å². The quantitative estimate of drug-likeness (QED) is 0.875. The van der Waals surface area contributed by atoms with Gasteiger partial charge in [0.1, 0.15) is 10.7 Å². The van der Waals surface area contributed by atoms with Crippen molar-refractivity contribution in [2.24, 2.45) is 10.3 Å². The van der Waals surface area contributed by atoms with Crippen molar-refractivity contribution in [3.05, 3.63) is 24.3 Å². The zero-order chi connectivity index (χ0) is 17.2. The van der Waals surface area contributed by atoms with Crippen LogP contribution in [0.25, 0.3) is 0 Å². The Hall–Kier alpha value is -1.89. The van der Waals surface area contributed by atoms with Crippen LogP contribution in [0.3, 0.4) is 0 Å². The number of hydrogen-bond acceptors (Lipinski definition) is 4. The van der Waals surface area contributed by atoms with Crippen LogP contribution in [0, 0.1) is 5.92 Å². The van der Waals surface area contributed by atoms with E-state index in [1.807, 2.05) is 0 Å². The molecule has 1 aromatic carbocycles. The summed E-state index contributed by atoms with van der Waals surface area (Å²) in [5.41, 5.74) is 0.518. The van der Waals surface area contributed by atoms with E-state index < -0.39 is 10.0 Å². The number of sulfonamides is 1. The Morgan fingerprint density at radius 1 is 1.25 bits per heavy atom. The molecule has 0 radical (unpaired) electrons. The minimum atomic E-state index is -3.68. The summed E-state index contributed by atoms with van der Waals surface area (Å²) in [5.74, 6) is 1.01. The molecule has 1 fully saturated rings. The van der Waals surface area contributed by atoms with Crippen molar-refractivity contribution in [1.82, 2.24) is 5.32 Å². The van der Waals surface area contributed by atoms with Crippen LogP contribution in [0.1, 0.15) is 45.4 Å². The molecular formula is C17H23N3O3S. The Morgan fingerprint density at radius 2 is 1.96 bits per heavy atom. The smallest absolute Gasteiger partial charge is 0.286 e. The van der Waals surface area contributed by atoms with Crippen molar-refractivity contribution in [3.8, 4) is 0 Å². The van der Waals surface area contributed by atoms with Crippen molar-refractivity contribution in [2.45, 2.75) is 56.4 Å². The number of fused-ring (bicyclic) bond motifs is 1. The molecule has 6 nitrogen and oxygen atoms in total. The predicted octanol–water partition coefficient (Wildman–Crippen LogP) is 2.67. The molecule has 0 unspecified atom stereocenters. The van der Waals surface area contributed by atoms with Gasteiger partial charge in [-0.05, 0) is 43.7 Å². The first kappa shape index (κ1) is 17.0. The van der Waals surface area contributed by atoms with Crippen molar-refractivity contribution >= 4 is 27.5 Å². The summed E-state index contributed by atoms with van der Waals surface area (Å²) in [4.78, 5) is 12.3. The fourth-order valence-corrected chi connectivity index (χ4v) is 4.38. The number of benzene rings is 1. The van der Waals surface area contributed by atoms with E-state index in [4.69, 9.17) is 0 Å². The van der Waals surface area contributed by atoms with E-state index in [9.17, 15) is 13.2 Å². The average molecular weight is 349 g/mol. The number of carbonyl (C=O) groups excluding carboxylic acids is 1. The van der Waals surface area contributed by atoms with Crippen molar-refractivity contribution in [2.75, 3.05) is 5.32 Å². The van der Waals surface area contributed by atoms with E-state index in [0.717, 1.165) is 31.6 Å². The number of amides is 1. The Balaban J connectivity index is 1.56. The molecule has 0 aromatic heterocycles. The second-order valence-corrected chi connectivity index (χ2v) is 8.23. The highest BCUT2D eigenvalue weighted by atomic mass is 32.2. The summed E-state index contributed by atoms with van der Waals surface area (Å²) >= 11 is 0. The third-order valence-electron chi connectivity index (χ3n) is 4.64. The lowest BCUT2D eigenvalue weighted by Crippen LogP contribution is -2.37. The molecule has 0 bridgehead atoms. The maximum absolute atomic E-state index is 12.1. The molecule has 2 aliphatic rings. The lowest BCUT2D eigenvalue weighted by molar-refractivity contribution is -0.121. The molecule has 1 heterocycles. The van der Waals surface area contributed by atoms with E-state index in [1.54, 1.807) is 18.2 Å². The summed E-state index contributed by atoms with van der Waals surface area (Å²) in [6.45, 7) is 2.24. The minimum Gasteiger partial charge on any atom is -0.353 e. The highest BCUT2D eigenvalue weighted by molar-refractivity contribution is 7.90. The number of rotatable bonds is 4. The second kappa shape index (κ2) is 6.93. The fraction of sp³-hybridized carbons (Fsp3) is 0.529. The van der Waals surface area contributed by atoms with Crippen molar-refractivity contribution in [3.63, 3.8) is 0 Å².